The zero-order valence-corrected chi connectivity index (χ0v) is 12.0. The molecule has 4 heteroatoms. The Morgan fingerprint density at radius 1 is 1.47 bits per heavy atom. The zero-order valence-electron chi connectivity index (χ0n) is 9.59. The molecule has 0 aliphatic heterocycles. The number of thiophene rings is 1. The van der Waals surface area contributed by atoms with Gasteiger partial charge in [-0.1, -0.05) is 13.8 Å². The molecule has 0 aromatic carbocycles. The van der Waals surface area contributed by atoms with Crippen molar-refractivity contribution in [3.63, 3.8) is 0 Å². The van der Waals surface area contributed by atoms with Gasteiger partial charge in [0.05, 0.1) is 8.79 Å². The van der Waals surface area contributed by atoms with Crippen LogP contribution >= 0.6 is 27.3 Å². The molecule has 0 aliphatic rings. The molecule has 1 heterocycles. The zero-order chi connectivity index (χ0) is 11.5. The van der Waals surface area contributed by atoms with Gasteiger partial charge in [-0.3, -0.25) is 0 Å². The molecule has 1 rings (SSSR count). The standard InChI is InChI=1S/C11H19BrN2S/c1-11(2,6-7-13)8-14(3)10-5-4-9(12)15-10/h4-5H,6-8,13H2,1-3H3. The second-order valence-corrected chi connectivity index (χ2v) is 7.08. The summed E-state index contributed by atoms with van der Waals surface area (Å²) in [4.78, 5) is 2.30. The highest BCUT2D eigenvalue weighted by molar-refractivity contribution is 9.11. The third-order valence-corrected chi connectivity index (χ3v) is 4.16. The van der Waals surface area contributed by atoms with Crippen LogP contribution < -0.4 is 10.6 Å². The van der Waals surface area contributed by atoms with Crippen LogP contribution in [-0.4, -0.2) is 20.1 Å². The second kappa shape index (κ2) is 5.32. The Morgan fingerprint density at radius 2 is 2.13 bits per heavy atom. The summed E-state index contributed by atoms with van der Waals surface area (Å²) in [6.45, 7) is 6.32. The Morgan fingerprint density at radius 3 is 2.60 bits per heavy atom. The van der Waals surface area contributed by atoms with Crippen molar-refractivity contribution >= 4 is 32.3 Å². The second-order valence-electron chi connectivity index (χ2n) is 4.64. The number of halogens is 1. The van der Waals surface area contributed by atoms with Crippen LogP contribution in [0.1, 0.15) is 20.3 Å². The third-order valence-electron chi connectivity index (χ3n) is 2.42. The van der Waals surface area contributed by atoms with Gasteiger partial charge in [0.1, 0.15) is 0 Å². The van der Waals surface area contributed by atoms with Gasteiger partial charge in [0.15, 0.2) is 0 Å². The van der Waals surface area contributed by atoms with Crippen LogP contribution in [0, 0.1) is 5.41 Å². The van der Waals surface area contributed by atoms with Gasteiger partial charge < -0.3 is 10.6 Å². The minimum absolute atomic E-state index is 0.278. The van der Waals surface area contributed by atoms with Crippen molar-refractivity contribution in [1.29, 1.82) is 0 Å². The Labute approximate surface area is 105 Å². The molecule has 2 N–H and O–H groups in total. The molecule has 1 aromatic rings. The molecule has 0 amide bonds. The Bertz CT molecular complexity index is 309. The Balaban J connectivity index is 2.59. The average Bonchev–Trinajstić information content (AvgIpc) is 2.50. The van der Waals surface area contributed by atoms with E-state index in [1.54, 1.807) is 11.3 Å². The van der Waals surface area contributed by atoms with Gasteiger partial charge in [0.25, 0.3) is 0 Å². The van der Waals surface area contributed by atoms with Crippen LogP contribution in [-0.2, 0) is 0 Å². The molecular weight excluding hydrogens is 272 g/mol. The van der Waals surface area contributed by atoms with E-state index in [4.69, 9.17) is 5.73 Å². The molecule has 0 saturated heterocycles. The molecule has 86 valence electrons. The maximum atomic E-state index is 5.61. The van der Waals surface area contributed by atoms with Gasteiger partial charge >= 0.3 is 0 Å². The predicted molar refractivity (Wildman–Crippen MR) is 72.7 cm³/mol. The van der Waals surface area contributed by atoms with Crippen molar-refractivity contribution < 1.29 is 0 Å². The molecule has 0 fully saturated rings. The van der Waals surface area contributed by atoms with Gasteiger partial charge in [-0.2, -0.15) is 0 Å². The first-order valence-corrected chi connectivity index (χ1v) is 6.72. The van der Waals surface area contributed by atoms with Crippen LogP contribution in [0.4, 0.5) is 5.00 Å². The molecule has 0 unspecified atom stereocenters. The topological polar surface area (TPSA) is 29.3 Å². The van der Waals surface area contributed by atoms with E-state index in [1.807, 2.05) is 0 Å². The SMILES string of the molecule is CN(CC(C)(C)CCN)c1ccc(Br)s1. The van der Waals surface area contributed by atoms with Crippen LogP contribution in [0.5, 0.6) is 0 Å². The molecule has 15 heavy (non-hydrogen) atoms. The maximum Gasteiger partial charge on any atom is 0.0917 e. The number of hydrogen-bond donors (Lipinski definition) is 1. The summed E-state index contributed by atoms with van der Waals surface area (Å²) < 4.78 is 1.18. The Kier molecular flexibility index (Phi) is 4.62. The van der Waals surface area contributed by atoms with E-state index in [9.17, 15) is 0 Å². The molecule has 0 spiro atoms. The van der Waals surface area contributed by atoms with Crippen LogP contribution in [0.2, 0.25) is 0 Å². The minimum atomic E-state index is 0.278. The quantitative estimate of drug-likeness (QED) is 0.901. The number of nitrogens with zero attached hydrogens (tertiary/aromatic N) is 1. The van der Waals surface area contributed by atoms with E-state index in [0.29, 0.717) is 0 Å². The monoisotopic (exact) mass is 290 g/mol. The lowest BCUT2D eigenvalue weighted by molar-refractivity contribution is 0.348. The van der Waals surface area contributed by atoms with Gasteiger partial charge in [0, 0.05) is 13.6 Å². The summed E-state index contributed by atoms with van der Waals surface area (Å²) >= 11 is 5.25. The highest BCUT2D eigenvalue weighted by Crippen LogP contribution is 2.31. The van der Waals surface area contributed by atoms with Crippen LogP contribution in [0.3, 0.4) is 0 Å². The van der Waals surface area contributed by atoms with Crippen molar-refractivity contribution in [2.75, 3.05) is 25.0 Å². The summed E-state index contributed by atoms with van der Waals surface area (Å²) in [5, 5.41) is 1.30. The molecular formula is C11H19BrN2S. The molecule has 0 radical (unpaired) electrons. The lowest BCUT2D eigenvalue weighted by Crippen LogP contribution is -2.32. The van der Waals surface area contributed by atoms with Gasteiger partial charge in [0.2, 0.25) is 0 Å². The number of hydrogen-bond acceptors (Lipinski definition) is 3. The van der Waals surface area contributed by atoms with Crippen molar-refractivity contribution in [1.82, 2.24) is 0 Å². The largest absolute Gasteiger partial charge is 0.366 e. The fourth-order valence-electron chi connectivity index (χ4n) is 1.70. The van der Waals surface area contributed by atoms with Crippen molar-refractivity contribution in [3.05, 3.63) is 15.9 Å². The smallest absolute Gasteiger partial charge is 0.0917 e. The minimum Gasteiger partial charge on any atom is -0.366 e. The average molecular weight is 291 g/mol. The lowest BCUT2D eigenvalue weighted by Gasteiger charge is -2.30. The fraction of sp³-hybridized carbons (Fsp3) is 0.636. The first kappa shape index (κ1) is 13.0. The summed E-state index contributed by atoms with van der Waals surface area (Å²) in [5.41, 5.74) is 5.89. The summed E-state index contributed by atoms with van der Waals surface area (Å²) in [6.07, 6.45) is 1.06. The van der Waals surface area contributed by atoms with Gasteiger partial charge in [-0.15, -0.1) is 11.3 Å². The van der Waals surface area contributed by atoms with Crippen molar-refractivity contribution in [3.8, 4) is 0 Å². The molecule has 1 aromatic heterocycles. The predicted octanol–water partition coefficient (Wildman–Crippen LogP) is 3.32. The Hall–Kier alpha value is -0.0600. The van der Waals surface area contributed by atoms with Gasteiger partial charge in [-0.25, -0.2) is 0 Å². The van der Waals surface area contributed by atoms with Crippen molar-refractivity contribution in [2.45, 2.75) is 20.3 Å². The molecule has 0 aliphatic carbocycles. The van der Waals surface area contributed by atoms with Crippen LogP contribution in [0.15, 0.2) is 15.9 Å². The lowest BCUT2D eigenvalue weighted by atomic mass is 9.89. The molecule has 0 atom stereocenters. The third kappa shape index (κ3) is 4.13. The number of rotatable bonds is 5. The molecule has 0 saturated carbocycles. The summed E-state index contributed by atoms with van der Waals surface area (Å²) in [5.74, 6) is 0. The van der Waals surface area contributed by atoms with Crippen LogP contribution in [0.25, 0.3) is 0 Å². The highest BCUT2D eigenvalue weighted by atomic mass is 79.9. The van der Waals surface area contributed by atoms with E-state index in [0.717, 1.165) is 19.5 Å². The first-order chi connectivity index (χ1) is 6.94. The summed E-state index contributed by atoms with van der Waals surface area (Å²) in [6, 6.07) is 4.24. The highest BCUT2D eigenvalue weighted by Gasteiger charge is 2.19. The van der Waals surface area contributed by atoms with E-state index in [-0.39, 0.29) is 5.41 Å². The number of anilines is 1. The fourth-order valence-corrected chi connectivity index (χ4v) is 3.02. The van der Waals surface area contributed by atoms with E-state index < -0.39 is 0 Å². The normalized spacial score (nSPS) is 11.8. The summed E-state index contributed by atoms with van der Waals surface area (Å²) in [7, 11) is 2.14. The van der Waals surface area contributed by atoms with Gasteiger partial charge in [-0.05, 0) is 46.4 Å². The molecule has 2 nitrogen and oxygen atoms in total. The number of nitrogens with two attached hydrogens (primary N) is 1. The van der Waals surface area contributed by atoms with E-state index >= 15 is 0 Å². The van der Waals surface area contributed by atoms with E-state index in [1.165, 1.54) is 8.79 Å². The maximum absolute atomic E-state index is 5.61. The van der Waals surface area contributed by atoms with Crippen molar-refractivity contribution in [2.24, 2.45) is 11.1 Å². The molecule has 0 bridgehead atoms. The van der Waals surface area contributed by atoms with E-state index in [2.05, 4.69) is 53.9 Å². The first-order valence-electron chi connectivity index (χ1n) is 5.11.